The Hall–Kier alpha value is -1.86. The van der Waals surface area contributed by atoms with Crippen LogP contribution in [-0.2, 0) is 4.74 Å². The standard InChI is InChI=1S/C24H38FN5O/c1-19-16-20(25)7-8-22(19)29-11-5-6-21(17-29)28-23(26-2)27-18-24(9-14-31-15-10-24)30-12-3-4-13-30/h7-8,16,21H,3-6,9-15,17-18H2,1-2H3,(H2,26,27,28). The van der Waals surface area contributed by atoms with Gasteiger partial charge >= 0.3 is 0 Å². The van der Waals surface area contributed by atoms with Crippen molar-refractivity contribution in [2.24, 2.45) is 4.99 Å². The molecule has 0 aromatic heterocycles. The Kier molecular flexibility index (Phi) is 7.33. The molecule has 1 atom stereocenters. The number of hydrogen-bond acceptors (Lipinski definition) is 4. The molecule has 7 heteroatoms. The van der Waals surface area contributed by atoms with Crippen molar-refractivity contribution in [3.05, 3.63) is 29.6 Å². The summed E-state index contributed by atoms with van der Waals surface area (Å²) in [4.78, 5) is 9.57. The highest BCUT2D eigenvalue weighted by molar-refractivity contribution is 5.80. The van der Waals surface area contributed by atoms with Crippen molar-refractivity contribution >= 4 is 11.6 Å². The molecule has 3 saturated heterocycles. The van der Waals surface area contributed by atoms with E-state index in [0.29, 0.717) is 6.04 Å². The highest BCUT2D eigenvalue weighted by atomic mass is 19.1. The van der Waals surface area contributed by atoms with Crippen LogP contribution in [0.5, 0.6) is 0 Å². The topological polar surface area (TPSA) is 52.1 Å². The number of ether oxygens (including phenoxy) is 1. The van der Waals surface area contributed by atoms with Crippen LogP contribution >= 0.6 is 0 Å². The maximum atomic E-state index is 13.5. The second-order valence-electron chi connectivity index (χ2n) is 9.32. The molecular weight excluding hydrogens is 393 g/mol. The van der Waals surface area contributed by atoms with E-state index in [9.17, 15) is 4.39 Å². The van der Waals surface area contributed by atoms with Crippen molar-refractivity contribution in [2.45, 2.75) is 57.0 Å². The molecule has 1 aromatic rings. The van der Waals surface area contributed by atoms with Gasteiger partial charge in [-0.15, -0.1) is 0 Å². The molecule has 0 amide bonds. The van der Waals surface area contributed by atoms with Gasteiger partial charge in [0.25, 0.3) is 0 Å². The van der Waals surface area contributed by atoms with E-state index in [2.05, 4.69) is 25.4 Å². The summed E-state index contributed by atoms with van der Waals surface area (Å²) >= 11 is 0. The molecule has 31 heavy (non-hydrogen) atoms. The lowest BCUT2D eigenvalue weighted by Crippen LogP contribution is -2.60. The van der Waals surface area contributed by atoms with Crippen LogP contribution in [0.1, 0.15) is 44.1 Å². The summed E-state index contributed by atoms with van der Waals surface area (Å²) in [5.41, 5.74) is 2.30. The Labute approximate surface area is 186 Å². The lowest BCUT2D eigenvalue weighted by molar-refractivity contribution is -0.0164. The highest BCUT2D eigenvalue weighted by Crippen LogP contribution is 2.31. The fraction of sp³-hybridized carbons (Fsp3) is 0.708. The van der Waals surface area contributed by atoms with Gasteiger partial charge in [0.2, 0.25) is 0 Å². The molecular formula is C24H38FN5O. The zero-order valence-corrected chi connectivity index (χ0v) is 19.1. The molecule has 0 spiro atoms. The number of hydrogen-bond donors (Lipinski definition) is 2. The van der Waals surface area contributed by atoms with Gasteiger partial charge in [0.05, 0.1) is 0 Å². The minimum atomic E-state index is -0.169. The summed E-state index contributed by atoms with van der Waals surface area (Å²) in [5, 5.41) is 7.31. The van der Waals surface area contributed by atoms with Crippen LogP contribution in [0, 0.1) is 12.7 Å². The van der Waals surface area contributed by atoms with Crippen LogP contribution in [0.3, 0.4) is 0 Å². The summed E-state index contributed by atoms with van der Waals surface area (Å²) < 4.78 is 19.2. The molecule has 1 unspecified atom stereocenters. The highest BCUT2D eigenvalue weighted by Gasteiger charge is 2.39. The number of aryl methyl sites for hydroxylation is 1. The van der Waals surface area contributed by atoms with Crippen LogP contribution < -0.4 is 15.5 Å². The van der Waals surface area contributed by atoms with Gasteiger partial charge in [-0.05, 0) is 82.3 Å². The molecule has 0 radical (unpaired) electrons. The number of guanidine groups is 1. The van der Waals surface area contributed by atoms with Crippen molar-refractivity contribution in [2.75, 3.05) is 57.9 Å². The second kappa shape index (κ2) is 10.2. The molecule has 2 N–H and O–H groups in total. The fourth-order valence-electron chi connectivity index (χ4n) is 5.47. The summed E-state index contributed by atoms with van der Waals surface area (Å²) in [7, 11) is 1.85. The number of halogens is 1. The van der Waals surface area contributed by atoms with E-state index in [1.54, 1.807) is 12.1 Å². The van der Waals surface area contributed by atoms with Crippen molar-refractivity contribution < 1.29 is 9.13 Å². The molecule has 0 bridgehead atoms. The molecule has 3 aliphatic rings. The summed E-state index contributed by atoms with van der Waals surface area (Å²) in [6, 6.07) is 5.41. The summed E-state index contributed by atoms with van der Waals surface area (Å²) in [5.74, 6) is 0.713. The van der Waals surface area contributed by atoms with Crippen molar-refractivity contribution in [1.29, 1.82) is 0 Å². The number of nitrogens with one attached hydrogen (secondary N) is 2. The molecule has 4 rings (SSSR count). The first-order valence-electron chi connectivity index (χ1n) is 11.9. The fourth-order valence-corrected chi connectivity index (χ4v) is 5.47. The first kappa shape index (κ1) is 22.3. The van der Waals surface area contributed by atoms with E-state index in [4.69, 9.17) is 4.74 Å². The van der Waals surface area contributed by atoms with Crippen LogP contribution in [0.4, 0.5) is 10.1 Å². The first-order chi connectivity index (χ1) is 15.1. The Morgan fingerprint density at radius 2 is 1.97 bits per heavy atom. The lowest BCUT2D eigenvalue weighted by atomic mass is 9.88. The van der Waals surface area contributed by atoms with E-state index >= 15 is 0 Å². The van der Waals surface area contributed by atoms with Crippen molar-refractivity contribution in [3.63, 3.8) is 0 Å². The SMILES string of the molecule is CN=C(NCC1(N2CCCC2)CCOCC1)NC1CCCN(c2ccc(F)cc2C)C1. The maximum Gasteiger partial charge on any atom is 0.191 e. The Balaban J connectivity index is 1.36. The zero-order valence-electron chi connectivity index (χ0n) is 19.1. The van der Waals surface area contributed by atoms with Crippen LogP contribution in [0.25, 0.3) is 0 Å². The summed E-state index contributed by atoms with van der Waals surface area (Å²) in [6.45, 7) is 8.89. The lowest BCUT2D eigenvalue weighted by Gasteiger charge is -2.45. The number of anilines is 1. The van der Waals surface area contributed by atoms with Crippen LogP contribution in [0.15, 0.2) is 23.2 Å². The van der Waals surface area contributed by atoms with Gasteiger partial charge in [0.1, 0.15) is 5.82 Å². The van der Waals surface area contributed by atoms with Crippen LogP contribution in [0.2, 0.25) is 0 Å². The predicted octanol–water partition coefficient (Wildman–Crippen LogP) is 2.91. The molecule has 0 aliphatic carbocycles. The summed E-state index contributed by atoms with van der Waals surface area (Å²) in [6.07, 6.45) is 6.99. The third-order valence-electron chi connectivity index (χ3n) is 7.27. The van der Waals surface area contributed by atoms with Crippen molar-refractivity contribution in [1.82, 2.24) is 15.5 Å². The van der Waals surface area contributed by atoms with E-state index < -0.39 is 0 Å². The minimum absolute atomic E-state index is 0.169. The quantitative estimate of drug-likeness (QED) is 0.555. The largest absolute Gasteiger partial charge is 0.381 e. The normalized spacial score (nSPS) is 24.9. The van der Waals surface area contributed by atoms with Gasteiger partial charge < -0.3 is 20.3 Å². The maximum absolute atomic E-state index is 13.5. The van der Waals surface area contributed by atoms with Gasteiger partial charge in [-0.2, -0.15) is 0 Å². The van der Waals surface area contributed by atoms with E-state index in [1.807, 2.05) is 20.0 Å². The Morgan fingerprint density at radius 1 is 1.19 bits per heavy atom. The zero-order chi connectivity index (χ0) is 21.7. The van der Waals surface area contributed by atoms with E-state index in [-0.39, 0.29) is 11.4 Å². The minimum Gasteiger partial charge on any atom is -0.381 e. The number of rotatable bonds is 5. The van der Waals surface area contributed by atoms with Gasteiger partial charge in [0.15, 0.2) is 5.96 Å². The second-order valence-corrected chi connectivity index (χ2v) is 9.32. The number of likely N-dealkylation sites (tertiary alicyclic amines) is 1. The molecule has 3 heterocycles. The average Bonchev–Trinajstić information content (AvgIpc) is 3.33. The monoisotopic (exact) mass is 431 g/mol. The molecule has 6 nitrogen and oxygen atoms in total. The first-order valence-corrected chi connectivity index (χ1v) is 11.9. The van der Waals surface area contributed by atoms with Gasteiger partial charge in [-0.1, -0.05) is 0 Å². The number of nitrogens with zero attached hydrogens (tertiary/aromatic N) is 3. The van der Waals surface area contributed by atoms with Gasteiger partial charge in [-0.25, -0.2) is 4.39 Å². The van der Waals surface area contributed by atoms with Gasteiger partial charge in [0, 0.05) is 57.2 Å². The van der Waals surface area contributed by atoms with Crippen LogP contribution in [-0.4, -0.2) is 75.4 Å². The third kappa shape index (κ3) is 5.32. The molecule has 1 aromatic carbocycles. The Bertz CT molecular complexity index is 758. The number of benzene rings is 1. The molecule has 0 saturated carbocycles. The van der Waals surface area contributed by atoms with Crippen molar-refractivity contribution in [3.8, 4) is 0 Å². The van der Waals surface area contributed by atoms with E-state index in [0.717, 1.165) is 75.7 Å². The molecule has 3 aliphatic heterocycles. The van der Waals surface area contributed by atoms with E-state index in [1.165, 1.54) is 25.9 Å². The number of aliphatic imine (C=N–C) groups is 1. The molecule has 172 valence electrons. The average molecular weight is 432 g/mol. The molecule has 3 fully saturated rings. The third-order valence-corrected chi connectivity index (χ3v) is 7.27. The predicted molar refractivity (Wildman–Crippen MR) is 124 cm³/mol. The number of piperidine rings is 1. The van der Waals surface area contributed by atoms with Gasteiger partial charge in [-0.3, -0.25) is 9.89 Å². The smallest absolute Gasteiger partial charge is 0.191 e. The Morgan fingerprint density at radius 3 is 2.68 bits per heavy atom.